The Morgan fingerprint density at radius 1 is 1.30 bits per heavy atom. The highest BCUT2D eigenvalue weighted by molar-refractivity contribution is 6.03. The fourth-order valence-corrected chi connectivity index (χ4v) is 3.27. The van der Waals surface area contributed by atoms with Crippen LogP contribution in [0.4, 0.5) is 24.8 Å². The molecule has 0 saturated carbocycles. The van der Waals surface area contributed by atoms with E-state index in [9.17, 15) is 18.0 Å². The largest absolute Gasteiger partial charge is 0.416 e. The van der Waals surface area contributed by atoms with Gasteiger partial charge >= 0.3 is 6.18 Å². The van der Waals surface area contributed by atoms with E-state index in [-0.39, 0.29) is 11.4 Å². The zero-order valence-electron chi connectivity index (χ0n) is 15.0. The summed E-state index contributed by atoms with van der Waals surface area (Å²) >= 11 is 0. The van der Waals surface area contributed by atoms with Gasteiger partial charge in [-0.05, 0) is 49.9 Å². The van der Waals surface area contributed by atoms with Crippen LogP contribution < -0.4 is 10.2 Å². The zero-order chi connectivity index (χ0) is 19.4. The Balaban J connectivity index is 1.78. The van der Waals surface area contributed by atoms with Gasteiger partial charge in [0, 0.05) is 24.5 Å². The second kappa shape index (κ2) is 7.94. The van der Waals surface area contributed by atoms with Crippen LogP contribution >= 0.6 is 0 Å². The average molecular weight is 378 g/mol. The molecule has 1 aromatic carbocycles. The van der Waals surface area contributed by atoms with E-state index in [0.717, 1.165) is 44.4 Å². The predicted octanol–water partition coefficient (Wildman–Crippen LogP) is 4.52. The predicted molar refractivity (Wildman–Crippen MR) is 96.7 cm³/mol. The van der Waals surface area contributed by atoms with E-state index in [1.165, 1.54) is 24.4 Å². The molecule has 2 aromatic rings. The smallest absolute Gasteiger partial charge is 0.338 e. The summed E-state index contributed by atoms with van der Waals surface area (Å²) in [6, 6.07) is 6.31. The first-order valence-electron chi connectivity index (χ1n) is 8.97. The fourth-order valence-electron chi connectivity index (χ4n) is 3.27. The molecule has 3 rings (SSSR count). The Morgan fingerprint density at radius 3 is 2.85 bits per heavy atom. The van der Waals surface area contributed by atoms with Crippen molar-refractivity contribution in [3.63, 3.8) is 0 Å². The molecule has 0 spiro atoms. The van der Waals surface area contributed by atoms with Crippen molar-refractivity contribution >= 4 is 17.5 Å². The van der Waals surface area contributed by atoms with Gasteiger partial charge in [-0.1, -0.05) is 13.0 Å². The molecule has 1 unspecified atom stereocenters. The number of hydrogen-bond donors (Lipinski definition) is 1. The van der Waals surface area contributed by atoms with E-state index in [2.05, 4.69) is 27.1 Å². The summed E-state index contributed by atoms with van der Waals surface area (Å²) in [5, 5.41) is 2.48. The van der Waals surface area contributed by atoms with Gasteiger partial charge in [-0.25, -0.2) is 9.97 Å². The maximum absolute atomic E-state index is 12.8. The van der Waals surface area contributed by atoms with Crippen LogP contribution in [0.2, 0.25) is 0 Å². The van der Waals surface area contributed by atoms with Crippen molar-refractivity contribution in [2.24, 2.45) is 0 Å². The lowest BCUT2D eigenvalue weighted by atomic mass is 10.0. The molecule has 1 aromatic heterocycles. The van der Waals surface area contributed by atoms with Crippen molar-refractivity contribution in [3.05, 3.63) is 47.8 Å². The molecule has 1 aliphatic heterocycles. The number of rotatable bonds is 4. The molecule has 1 N–H and O–H groups in total. The topological polar surface area (TPSA) is 58.1 Å². The van der Waals surface area contributed by atoms with Gasteiger partial charge in [0.15, 0.2) is 0 Å². The fraction of sp³-hybridized carbons (Fsp3) is 0.421. The first-order valence-corrected chi connectivity index (χ1v) is 8.97. The molecule has 8 heteroatoms. The van der Waals surface area contributed by atoms with E-state index < -0.39 is 17.6 Å². The quantitative estimate of drug-likeness (QED) is 0.850. The third-order valence-electron chi connectivity index (χ3n) is 4.68. The van der Waals surface area contributed by atoms with Gasteiger partial charge in [-0.2, -0.15) is 13.2 Å². The summed E-state index contributed by atoms with van der Waals surface area (Å²) in [5.41, 5.74) is -0.625. The van der Waals surface area contributed by atoms with Crippen molar-refractivity contribution in [3.8, 4) is 0 Å². The lowest BCUT2D eigenvalue weighted by Crippen LogP contribution is -2.40. The lowest BCUT2D eigenvalue weighted by Gasteiger charge is -2.35. The normalized spacial score (nSPS) is 17.6. The number of piperidine rings is 1. The Hall–Kier alpha value is -2.64. The Kier molecular flexibility index (Phi) is 5.62. The second-order valence-corrected chi connectivity index (χ2v) is 6.53. The summed E-state index contributed by atoms with van der Waals surface area (Å²) in [6.45, 7) is 2.93. The van der Waals surface area contributed by atoms with E-state index >= 15 is 0 Å². The van der Waals surface area contributed by atoms with Gasteiger partial charge in [0.25, 0.3) is 5.91 Å². The molecule has 27 heavy (non-hydrogen) atoms. The number of halogens is 3. The summed E-state index contributed by atoms with van der Waals surface area (Å²) in [7, 11) is 0. The number of carbonyl (C=O) groups is 1. The molecule has 2 heterocycles. The maximum atomic E-state index is 12.8. The number of anilines is 2. The highest BCUT2D eigenvalue weighted by Crippen LogP contribution is 2.30. The third-order valence-corrected chi connectivity index (χ3v) is 4.68. The number of benzene rings is 1. The number of carbonyl (C=O) groups excluding carboxylic acids is 1. The van der Waals surface area contributed by atoms with E-state index in [1.807, 2.05) is 0 Å². The van der Waals surface area contributed by atoms with Crippen molar-refractivity contribution in [1.29, 1.82) is 0 Å². The molecule has 0 aliphatic carbocycles. The molecule has 1 aliphatic rings. The van der Waals surface area contributed by atoms with Gasteiger partial charge in [0.2, 0.25) is 5.95 Å². The van der Waals surface area contributed by atoms with E-state index in [0.29, 0.717) is 12.0 Å². The van der Waals surface area contributed by atoms with Gasteiger partial charge in [0.1, 0.15) is 5.69 Å². The van der Waals surface area contributed by atoms with Crippen LogP contribution in [-0.4, -0.2) is 28.5 Å². The van der Waals surface area contributed by atoms with Gasteiger partial charge in [-0.3, -0.25) is 4.79 Å². The van der Waals surface area contributed by atoms with Crippen LogP contribution in [0, 0.1) is 0 Å². The first-order chi connectivity index (χ1) is 12.9. The average Bonchev–Trinajstić information content (AvgIpc) is 2.67. The van der Waals surface area contributed by atoms with Crippen LogP contribution in [0.25, 0.3) is 0 Å². The molecular weight excluding hydrogens is 357 g/mol. The molecule has 1 atom stereocenters. The van der Waals surface area contributed by atoms with Crippen molar-refractivity contribution in [1.82, 2.24) is 9.97 Å². The molecule has 0 radical (unpaired) electrons. The van der Waals surface area contributed by atoms with Crippen molar-refractivity contribution < 1.29 is 18.0 Å². The first kappa shape index (κ1) is 19.1. The number of nitrogens with zero attached hydrogens (tertiary/aromatic N) is 3. The molecular formula is C19H21F3N4O. The summed E-state index contributed by atoms with van der Waals surface area (Å²) in [5.74, 6) is -0.0822. The Morgan fingerprint density at radius 2 is 2.11 bits per heavy atom. The highest BCUT2D eigenvalue weighted by Gasteiger charge is 2.30. The van der Waals surface area contributed by atoms with Crippen LogP contribution in [0.1, 0.15) is 48.7 Å². The molecule has 5 nitrogen and oxygen atoms in total. The number of hydrogen-bond acceptors (Lipinski definition) is 4. The molecule has 1 amide bonds. The zero-order valence-corrected chi connectivity index (χ0v) is 15.0. The monoisotopic (exact) mass is 378 g/mol. The molecule has 1 fully saturated rings. The minimum absolute atomic E-state index is 0.0689. The number of nitrogens with one attached hydrogen (secondary N) is 1. The highest BCUT2D eigenvalue weighted by atomic mass is 19.4. The number of alkyl halides is 3. The van der Waals surface area contributed by atoms with Crippen LogP contribution in [0.3, 0.4) is 0 Å². The summed E-state index contributed by atoms with van der Waals surface area (Å²) < 4.78 is 38.5. The Labute approximate surface area is 155 Å². The van der Waals surface area contributed by atoms with E-state index in [4.69, 9.17) is 0 Å². The van der Waals surface area contributed by atoms with Gasteiger partial charge < -0.3 is 10.2 Å². The molecule has 0 bridgehead atoms. The lowest BCUT2D eigenvalue weighted by molar-refractivity contribution is -0.137. The Bertz CT molecular complexity index is 810. The van der Waals surface area contributed by atoms with Crippen LogP contribution in [0.5, 0.6) is 0 Å². The van der Waals surface area contributed by atoms with Crippen molar-refractivity contribution in [2.45, 2.75) is 44.8 Å². The second-order valence-electron chi connectivity index (χ2n) is 6.53. The minimum Gasteiger partial charge on any atom is -0.338 e. The van der Waals surface area contributed by atoms with Crippen molar-refractivity contribution in [2.75, 3.05) is 16.8 Å². The van der Waals surface area contributed by atoms with E-state index in [1.54, 1.807) is 0 Å². The maximum Gasteiger partial charge on any atom is 0.416 e. The number of aromatic nitrogens is 2. The SMILES string of the molecule is CCC1CCCCN1c1nccc(C(=O)Nc2cccc(C(F)(F)F)c2)n1. The summed E-state index contributed by atoms with van der Waals surface area (Å²) in [4.78, 5) is 23.2. The standard InChI is InChI=1S/C19H21F3N4O/c1-2-15-8-3-4-11-26(15)18-23-10-9-16(25-18)17(27)24-14-7-5-6-13(12-14)19(20,21)22/h5-7,9-10,12,15H,2-4,8,11H2,1H3,(H,24,27). The van der Waals surface area contributed by atoms with Crippen LogP contribution in [0.15, 0.2) is 36.5 Å². The number of amides is 1. The third kappa shape index (κ3) is 4.56. The summed E-state index contributed by atoms with van der Waals surface area (Å²) in [6.07, 6.45) is 1.26. The van der Waals surface area contributed by atoms with Crippen LogP contribution in [-0.2, 0) is 6.18 Å². The van der Waals surface area contributed by atoms with Gasteiger partial charge in [-0.15, -0.1) is 0 Å². The van der Waals surface area contributed by atoms with Gasteiger partial charge in [0.05, 0.1) is 5.56 Å². The molecule has 1 saturated heterocycles. The molecule has 144 valence electrons. The minimum atomic E-state index is -4.47.